The van der Waals surface area contributed by atoms with Crippen molar-refractivity contribution in [3.05, 3.63) is 29.3 Å². The van der Waals surface area contributed by atoms with Gasteiger partial charge in [0.2, 0.25) is 6.08 Å². The molecule has 0 aliphatic heterocycles. The van der Waals surface area contributed by atoms with Crippen LogP contribution in [0, 0.1) is 5.92 Å². The second-order valence-corrected chi connectivity index (χ2v) is 4.33. The molecule has 0 spiro atoms. The molecule has 0 aliphatic rings. The number of methoxy groups -OCH3 is 1. The van der Waals surface area contributed by atoms with Crippen LogP contribution in [0.3, 0.4) is 0 Å². The molecule has 0 radical (unpaired) electrons. The van der Waals surface area contributed by atoms with Gasteiger partial charge >= 0.3 is 0 Å². The summed E-state index contributed by atoms with van der Waals surface area (Å²) >= 11 is 0. The van der Waals surface area contributed by atoms with E-state index in [2.05, 4.69) is 18.0 Å². The van der Waals surface area contributed by atoms with E-state index in [9.17, 15) is 4.79 Å². The number of rotatable bonds is 5. The van der Waals surface area contributed by atoms with Gasteiger partial charge in [-0.05, 0) is 35.6 Å². The average Bonchev–Trinajstić information content (AvgIpc) is 2.34. The maximum atomic E-state index is 10.5. The van der Waals surface area contributed by atoms with Gasteiger partial charge in [-0.25, -0.2) is 4.79 Å². The summed E-state index contributed by atoms with van der Waals surface area (Å²) in [5, 5.41) is 0. The Balaban J connectivity index is 3.16. The first-order chi connectivity index (χ1) is 8.13. The third-order valence-corrected chi connectivity index (χ3v) is 2.85. The van der Waals surface area contributed by atoms with Crippen LogP contribution >= 0.6 is 0 Å². The van der Waals surface area contributed by atoms with Gasteiger partial charge in [0, 0.05) is 0 Å². The summed E-state index contributed by atoms with van der Waals surface area (Å²) in [6.45, 7) is 6.16. The Labute approximate surface area is 103 Å². The molecule has 3 nitrogen and oxygen atoms in total. The van der Waals surface area contributed by atoms with E-state index in [1.807, 2.05) is 26.0 Å². The third kappa shape index (κ3) is 3.18. The highest BCUT2D eigenvalue weighted by Gasteiger charge is 2.16. The van der Waals surface area contributed by atoms with Crippen LogP contribution < -0.4 is 4.74 Å². The quantitative estimate of drug-likeness (QED) is 0.578. The molecule has 1 atom stereocenters. The third-order valence-electron chi connectivity index (χ3n) is 2.85. The Kier molecular flexibility index (Phi) is 4.92. The molecular weight excluding hydrogens is 214 g/mol. The summed E-state index contributed by atoms with van der Waals surface area (Å²) < 4.78 is 5.28. The fourth-order valence-corrected chi connectivity index (χ4v) is 1.92. The summed E-state index contributed by atoms with van der Waals surface area (Å²) in [6.07, 6.45) is 2.55. The van der Waals surface area contributed by atoms with Crippen molar-refractivity contribution in [3.8, 4) is 5.75 Å². The first kappa shape index (κ1) is 13.5. The van der Waals surface area contributed by atoms with Crippen molar-refractivity contribution < 1.29 is 9.53 Å². The van der Waals surface area contributed by atoms with Crippen molar-refractivity contribution in [2.75, 3.05) is 7.11 Å². The number of ether oxygens (including phenoxy) is 1. The first-order valence-electron chi connectivity index (χ1n) is 5.87. The lowest BCUT2D eigenvalue weighted by Crippen LogP contribution is -2.05. The molecule has 3 heteroatoms. The van der Waals surface area contributed by atoms with Crippen molar-refractivity contribution >= 4 is 6.08 Å². The van der Waals surface area contributed by atoms with Crippen LogP contribution in [0.25, 0.3) is 0 Å². The summed E-state index contributed by atoms with van der Waals surface area (Å²) in [7, 11) is 1.66. The van der Waals surface area contributed by atoms with Crippen molar-refractivity contribution in [2.24, 2.45) is 10.9 Å². The van der Waals surface area contributed by atoms with Crippen LogP contribution in [0.15, 0.2) is 23.2 Å². The topological polar surface area (TPSA) is 38.7 Å². The number of hydrogen-bond donors (Lipinski definition) is 0. The fraction of sp³-hybridized carbons (Fsp3) is 0.500. The zero-order valence-corrected chi connectivity index (χ0v) is 10.9. The van der Waals surface area contributed by atoms with E-state index < -0.39 is 0 Å². The monoisotopic (exact) mass is 233 g/mol. The van der Waals surface area contributed by atoms with Crippen LogP contribution in [-0.2, 0) is 11.2 Å². The predicted octanol–water partition coefficient (Wildman–Crippen LogP) is 3.29. The van der Waals surface area contributed by atoms with Gasteiger partial charge in [-0.2, -0.15) is 4.99 Å². The molecule has 1 aromatic rings. The molecule has 92 valence electrons. The van der Waals surface area contributed by atoms with Gasteiger partial charge in [-0.3, -0.25) is 0 Å². The van der Waals surface area contributed by atoms with E-state index in [1.54, 1.807) is 13.2 Å². The van der Waals surface area contributed by atoms with Crippen LogP contribution in [-0.4, -0.2) is 13.2 Å². The summed E-state index contributed by atoms with van der Waals surface area (Å²) in [6, 6.07) is 5.83. The minimum absolute atomic E-state index is 0.122. The second kappa shape index (κ2) is 6.21. The van der Waals surface area contributed by atoms with Crippen molar-refractivity contribution in [1.29, 1.82) is 0 Å². The molecule has 0 aliphatic carbocycles. The van der Waals surface area contributed by atoms with Gasteiger partial charge in [0.1, 0.15) is 5.75 Å². The number of benzene rings is 1. The minimum atomic E-state index is -0.122. The van der Waals surface area contributed by atoms with Gasteiger partial charge in [-0.15, -0.1) is 0 Å². The lowest BCUT2D eigenvalue weighted by molar-refractivity contribution is 0.409. The Morgan fingerprint density at radius 3 is 2.59 bits per heavy atom. The normalized spacial score (nSPS) is 12.1. The highest BCUT2D eigenvalue weighted by Crippen LogP contribution is 2.29. The van der Waals surface area contributed by atoms with E-state index in [-0.39, 0.29) is 12.0 Å². The fourth-order valence-electron chi connectivity index (χ4n) is 1.92. The average molecular weight is 233 g/mol. The zero-order valence-electron chi connectivity index (χ0n) is 10.9. The van der Waals surface area contributed by atoms with E-state index >= 15 is 0 Å². The Morgan fingerprint density at radius 1 is 1.41 bits per heavy atom. The number of isocyanates is 1. The van der Waals surface area contributed by atoms with Crippen molar-refractivity contribution in [1.82, 2.24) is 0 Å². The lowest BCUT2D eigenvalue weighted by atomic mass is 9.94. The SMILES string of the molecule is CCc1cc(C(N=C=O)C(C)C)ccc1OC. The Bertz CT molecular complexity index is 420. The molecule has 1 rings (SSSR count). The molecular formula is C14H19NO2. The summed E-state index contributed by atoms with van der Waals surface area (Å²) in [5.74, 6) is 1.16. The van der Waals surface area contributed by atoms with Crippen LogP contribution in [0.4, 0.5) is 0 Å². The number of hydrogen-bond acceptors (Lipinski definition) is 3. The van der Waals surface area contributed by atoms with Crippen LogP contribution in [0.2, 0.25) is 0 Å². The maximum absolute atomic E-state index is 10.5. The van der Waals surface area contributed by atoms with E-state index in [0.717, 1.165) is 23.3 Å². The van der Waals surface area contributed by atoms with Gasteiger partial charge in [0.05, 0.1) is 13.2 Å². The van der Waals surface area contributed by atoms with Gasteiger partial charge in [-0.1, -0.05) is 26.8 Å². The molecule has 0 N–H and O–H groups in total. The molecule has 0 heterocycles. The highest BCUT2D eigenvalue weighted by atomic mass is 16.5. The van der Waals surface area contributed by atoms with Crippen molar-refractivity contribution in [2.45, 2.75) is 33.2 Å². The molecule has 0 fully saturated rings. The van der Waals surface area contributed by atoms with Crippen LogP contribution in [0.1, 0.15) is 37.9 Å². The standard InChI is InChI=1S/C14H19NO2/c1-5-11-8-12(6-7-13(11)17-4)14(10(2)3)15-9-16/h6-8,10,14H,5H2,1-4H3. The summed E-state index contributed by atoms with van der Waals surface area (Å²) in [4.78, 5) is 14.3. The molecule has 0 aromatic heterocycles. The number of nitrogens with zero attached hydrogens (tertiary/aromatic N) is 1. The lowest BCUT2D eigenvalue weighted by Gasteiger charge is -2.17. The molecule has 1 aromatic carbocycles. The zero-order chi connectivity index (χ0) is 12.8. The molecule has 17 heavy (non-hydrogen) atoms. The largest absolute Gasteiger partial charge is 0.496 e. The number of carbonyl (C=O) groups excluding carboxylic acids is 1. The molecule has 0 amide bonds. The molecule has 0 bridgehead atoms. The van der Waals surface area contributed by atoms with Gasteiger partial charge < -0.3 is 4.74 Å². The first-order valence-corrected chi connectivity index (χ1v) is 5.87. The highest BCUT2D eigenvalue weighted by molar-refractivity contribution is 5.41. The van der Waals surface area contributed by atoms with Crippen molar-refractivity contribution in [3.63, 3.8) is 0 Å². The second-order valence-electron chi connectivity index (χ2n) is 4.33. The molecule has 0 saturated carbocycles. The minimum Gasteiger partial charge on any atom is -0.496 e. The van der Waals surface area contributed by atoms with Crippen LogP contribution in [0.5, 0.6) is 5.75 Å². The smallest absolute Gasteiger partial charge is 0.235 e. The van der Waals surface area contributed by atoms with Gasteiger partial charge in [0.15, 0.2) is 0 Å². The summed E-state index contributed by atoms with van der Waals surface area (Å²) in [5.41, 5.74) is 2.18. The van der Waals surface area contributed by atoms with Gasteiger partial charge in [0.25, 0.3) is 0 Å². The van der Waals surface area contributed by atoms with E-state index in [4.69, 9.17) is 4.74 Å². The molecule has 1 unspecified atom stereocenters. The van der Waals surface area contributed by atoms with E-state index in [0.29, 0.717) is 0 Å². The number of aryl methyl sites for hydroxylation is 1. The Morgan fingerprint density at radius 2 is 2.12 bits per heavy atom. The predicted molar refractivity (Wildman–Crippen MR) is 68.1 cm³/mol. The van der Waals surface area contributed by atoms with E-state index in [1.165, 1.54) is 0 Å². The number of aliphatic imine (C=N–C) groups is 1. The maximum Gasteiger partial charge on any atom is 0.235 e. The molecule has 0 saturated heterocycles. The Hall–Kier alpha value is -1.60.